The van der Waals surface area contributed by atoms with Crippen molar-refractivity contribution in [1.82, 2.24) is 15.3 Å². The van der Waals surface area contributed by atoms with E-state index in [0.29, 0.717) is 4.88 Å². The van der Waals surface area contributed by atoms with E-state index in [-0.39, 0.29) is 11.9 Å². The van der Waals surface area contributed by atoms with Crippen LogP contribution in [0.25, 0.3) is 11.0 Å². The van der Waals surface area contributed by atoms with Crippen molar-refractivity contribution in [3.05, 3.63) is 87.9 Å². The summed E-state index contributed by atoms with van der Waals surface area (Å²) in [5, 5.41) is 5.00. The number of aromatic nitrogens is 2. The van der Waals surface area contributed by atoms with E-state index < -0.39 is 0 Å². The number of nitrogens with one attached hydrogen (secondary N) is 2. The van der Waals surface area contributed by atoms with Crippen LogP contribution in [0.3, 0.4) is 0 Å². The predicted molar refractivity (Wildman–Crippen MR) is 101 cm³/mol. The average Bonchev–Trinajstić information content (AvgIpc) is 3.29. The molecular weight excluding hydrogens is 330 g/mol. The van der Waals surface area contributed by atoms with Gasteiger partial charge in [0.25, 0.3) is 5.91 Å². The van der Waals surface area contributed by atoms with Crippen molar-refractivity contribution < 1.29 is 4.79 Å². The number of carbonyl (C=O) groups excluding carboxylic acids is 1. The fraction of sp³-hybridized carbons (Fsp3) is 0.100. The van der Waals surface area contributed by atoms with Crippen molar-refractivity contribution in [3.63, 3.8) is 0 Å². The van der Waals surface area contributed by atoms with Crippen LogP contribution in [0.5, 0.6) is 0 Å². The lowest BCUT2D eigenvalue weighted by Gasteiger charge is -2.16. The van der Waals surface area contributed by atoms with Crippen LogP contribution in [-0.4, -0.2) is 15.9 Å². The molecule has 2 heterocycles. The van der Waals surface area contributed by atoms with Crippen molar-refractivity contribution in [2.75, 3.05) is 0 Å². The van der Waals surface area contributed by atoms with Gasteiger partial charge in [-0.25, -0.2) is 4.98 Å². The first-order valence-corrected chi connectivity index (χ1v) is 8.94. The number of H-pyrrole nitrogens is 1. The van der Waals surface area contributed by atoms with E-state index in [4.69, 9.17) is 4.98 Å². The molecule has 0 aliphatic rings. The van der Waals surface area contributed by atoms with E-state index >= 15 is 0 Å². The van der Waals surface area contributed by atoms with Crippen LogP contribution >= 0.6 is 11.3 Å². The quantitative estimate of drug-likeness (QED) is 0.573. The summed E-state index contributed by atoms with van der Waals surface area (Å²) in [7, 11) is 0. The van der Waals surface area contributed by atoms with Gasteiger partial charge in [-0.1, -0.05) is 42.5 Å². The van der Waals surface area contributed by atoms with Gasteiger partial charge in [0.2, 0.25) is 0 Å². The first kappa shape index (κ1) is 15.6. The largest absolute Gasteiger partial charge is 0.340 e. The fourth-order valence-electron chi connectivity index (χ4n) is 2.84. The zero-order valence-corrected chi connectivity index (χ0v) is 14.5. The van der Waals surface area contributed by atoms with Crippen molar-refractivity contribution in [3.8, 4) is 0 Å². The number of nitrogens with zero attached hydrogens (tertiary/aromatic N) is 1. The minimum atomic E-state index is -0.330. The monoisotopic (exact) mass is 347 g/mol. The number of hydrogen-bond donors (Lipinski definition) is 2. The molecule has 2 aromatic heterocycles. The van der Waals surface area contributed by atoms with Crippen LogP contribution in [0, 0.1) is 6.92 Å². The first-order chi connectivity index (χ1) is 12.2. The maximum absolute atomic E-state index is 12.6. The van der Waals surface area contributed by atoms with Gasteiger partial charge in [0.1, 0.15) is 11.9 Å². The number of carbonyl (C=O) groups is 1. The number of fused-ring (bicyclic) bond motifs is 1. The highest BCUT2D eigenvalue weighted by molar-refractivity contribution is 7.12. The molecule has 0 fully saturated rings. The number of thiophene rings is 1. The molecule has 0 aliphatic carbocycles. The predicted octanol–water partition coefficient (Wildman–Crippen LogP) is 4.45. The van der Waals surface area contributed by atoms with Gasteiger partial charge in [-0.05, 0) is 41.6 Å². The van der Waals surface area contributed by atoms with Crippen LogP contribution in [-0.2, 0) is 0 Å². The molecule has 0 saturated carbocycles. The molecule has 25 heavy (non-hydrogen) atoms. The Kier molecular flexibility index (Phi) is 4.07. The van der Waals surface area contributed by atoms with Crippen LogP contribution in [0.15, 0.2) is 66.0 Å². The highest BCUT2D eigenvalue weighted by Gasteiger charge is 2.21. The molecule has 124 valence electrons. The standard InChI is InChI=1S/C20H17N3OS/c1-13-9-10-15-16(12-13)22-19(21-15)18(14-6-3-2-4-7-14)23-20(24)17-8-5-11-25-17/h2-12,18H,1H3,(H,21,22)(H,23,24). The molecule has 0 saturated heterocycles. The number of benzene rings is 2. The summed E-state index contributed by atoms with van der Waals surface area (Å²) in [6.07, 6.45) is 0. The van der Waals surface area contributed by atoms with Gasteiger partial charge in [0.15, 0.2) is 0 Å². The van der Waals surface area contributed by atoms with Gasteiger partial charge in [-0.2, -0.15) is 0 Å². The molecule has 4 rings (SSSR count). The number of aryl methyl sites for hydroxylation is 1. The second-order valence-corrected chi connectivity index (χ2v) is 6.88. The van der Waals surface area contributed by atoms with Crippen molar-refractivity contribution in [2.45, 2.75) is 13.0 Å². The minimum absolute atomic E-state index is 0.0968. The molecule has 5 heteroatoms. The van der Waals surface area contributed by atoms with Gasteiger partial charge in [0, 0.05) is 0 Å². The summed E-state index contributed by atoms with van der Waals surface area (Å²) in [6, 6.07) is 19.4. The van der Waals surface area contributed by atoms with Crippen LogP contribution in [0.1, 0.15) is 32.7 Å². The van der Waals surface area contributed by atoms with E-state index in [2.05, 4.69) is 16.4 Å². The molecule has 2 aromatic carbocycles. The second kappa shape index (κ2) is 6.53. The number of rotatable bonds is 4. The molecule has 1 amide bonds. The van der Waals surface area contributed by atoms with Crippen molar-refractivity contribution in [1.29, 1.82) is 0 Å². The Morgan fingerprint density at radius 1 is 1.12 bits per heavy atom. The Balaban J connectivity index is 1.75. The molecule has 0 spiro atoms. The van der Waals surface area contributed by atoms with E-state index in [0.717, 1.165) is 22.4 Å². The second-order valence-electron chi connectivity index (χ2n) is 5.94. The number of hydrogen-bond acceptors (Lipinski definition) is 3. The molecule has 0 radical (unpaired) electrons. The minimum Gasteiger partial charge on any atom is -0.340 e. The molecule has 2 N–H and O–H groups in total. The summed E-state index contributed by atoms with van der Waals surface area (Å²) in [6.45, 7) is 2.05. The molecule has 4 nitrogen and oxygen atoms in total. The lowest BCUT2D eigenvalue weighted by atomic mass is 10.1. The van der Waals surface area contributed by atoms with Crippen LogP contribution in [0.2, 0.25) is 0 Å². The molecule has 4 aromatic rings. The zero-order valence-electron chi connectivity index (χ0n) is 13.7. The topological polar surface area (TPSA) is 57.8 Å². The lowest BCUT2D eigenvalue weighted by molar-refractivity contribution is 0.0946. The summed E-state index contributed by atoms with van der Waals surface area (Å²) < 4.78 is 0. The molecule has 1 atom stereocenters. The van der Waals surface area contributed by atoms with E-state index in [1.54, 1.807) is 0 Å². The summed E-state index contributed by atoms with van der Waals surface area (Å²) in [5.41, 5.74) is 4.03. The third kappa shape index (κ3) is 3.19. The average molecular weight is 347 g/mol. The van der Waals surface area contributed by atoms with E-state index in [9.17, 15) is 4.79 Å². The first-order valence-electron chi connectivity index (χ1n) is 8.06. The Morgan fingerprint density at radius 3 is 2.72 bits per heavy atom. The van der Waals surface area contributed by atoms with Crippen molar-refractivity contribution in [2.24, 2.45) is 0 Å². The summed E-state index contributed by atoms with van der Waals surface area (Å²) in [4.78, 5) is 21.3. The zero-order chi connectivity index (χ0) is 17.2. The Labute approximate surface area is 149 Å². The van der Waals surface area contributed by atoms with Crippen LogP contribution in [0.4, 0.5) is 0 Å². The smallest absolute Gasteiger partial charge is 0.262 e. The maximum Gasteiger partial charge on any atom is 0.262 e. The Hall–Kier alpha value is -2.92. The molecule has 0 bridgehead atoms. The number of imidazole rings is 1. The molecule has 0 aliphatic heterocycles. The van der Waals surface area contributed by atoms with Crippen LogP contribution < -0.4 is 5.32 Å². The SMILES string of the molecule is Cc1ccc2nc(C(NC(=O)c3cccs3)c3ccccc3)[nH]c2c1. The molecule has 1 unspecified atom stereocenters. The van der Waals surface area contributed by atoms with E-state index in [1.165, 1.54) is 16.9 Å². The summed E-state index contributed by atoms with van der Waals surface area (Å²) >= 11 is 1.43. The highest BCUT2D eigenvalue weighted by atomic mass is 32.1. The van der Waals surface area contributed by atoms with Crippen molar-refractivity contribution >= 4 is 28.3 Å². The highest BCUT2D eigenvalue weighted by Crippen LogP contribution is 2.24. The third-order valence-electron chi connectivity index (χ3n) is 4.08. The number of aromatic amines is 1. The molecular formula is C20H17N3OS. The normalized spacial score (nSPS) is 12.2. The van der Waals surface area contributed by atoms with Gasteiger partial charge in [0.05, 0.1) is 15.9 Å². The Morgan fingerprint density at radius 2 is 1.96 bits per heavy atom. The van der Waals surface area contributed by atoms with E-state index in [1.807, 2.05) is 66.9 Å². The third-order valence-corrected chi connectivity index (χ3v) is 4.95. The fourth-order valence-corrected chi connectivity index (χ4v) is 3.47. The van der Waals surface area contributed by atoms with Gasteiger partial charge >= 0.3 is 0 Å². The van der Waals surface area contributed by atoms with Gasteiger partial charge in [-0.15, -0.1) is 11.3 Å². The summed E-state index contributed by atoms with van der Waals surface area (Å²) in [5.74, 6) is 0.636. The van der Waals surface area contributed by atoms with Gasteiger partial charge in [-0.3, -0.25) is 4.79 Å². The van der Waals surface area contributed by atoms with Gasteiger partial charge < -0.3 is 10.3 Å². The number of amides is 1. The Bertz CT molecular complexity index is 1010. The maximum atomic E-state index is 12.6. The lowest BCUT2D eigenvalue weighted by Crippen LogP contribution is -2.29.